The highest BCUT2D eigenvalue weighted by atomic mass is 32.2. The van der Waals surface area contributed by atoms with Crippen LogP contribution in [-0.4, -0.2) is 8.42 Å². The number of nitrogens with two attached hydrogens (primary N) is 1. The molecule has 0 heterocycles. The molecule has 3 N–H and O–H groups in total. The largest absolute Gasteiger partial charge is 0.324 e. The molecule has 1 rings (SSSR count). The summed E-state index contributed by atoms with van der Waals surface area (Å²) in [4.78, 5) is 0. The Morgan fingerprint density at radius 1 is 1.43 bits per heavy atom. The number of benzene rings is 1. The van der Waals surface area contributed by atoms with E-state index in [0.717, 1.165) is 0 Å². The lowest BCUT2D eigenvalue weighted by molar-refractivity contribution is 0.620. The Morgan fingerprint density at radius 3 is 2.21 bits per heavy atom. The summed E-state index contributed by atoms with van der Waals surface area (Å²) >= 11 is 0. The number of hydrogen-bond acceptors (Lipinski definition) is 4. The van der Waals surface area contributed by atoms with Crippen LogP contribution in [0.15, 0.2) is 24.3 Å². The van der Waals surface area contributed by atoms with E-state index in [4.69, 9.17) is 18.9 Å². The Labute approximate surface area is 85.3 Å². The van der Waals surface area contributed by atoms with Crippen molar-refractivity contribution in [2.75, 3.05) is 0 Å². The van der Waals surface area contributed by atoms with Crippen LogP contribution in [0, 0.1) is 11.7 Å². The van der Waals surface area contributed by atoms with Gasteiger partial charge in [-0.2, -0.15) is 13.2 Å². The van der Waals surface area contributed by atoms with E-state index in [-0.39, 0.29) is 6.04 Å². The third kappa shape index (κ3) is 6.33. The fraction of sp³-hybridized carbons (Fsp3) is 0.333. The second-order valence-electron chi connectivity index (χ2n) is 2.94. The summed E-state index contributed by atoms with van der Waals surface area (Å²) < 4.78 is 22.8. The maximum atomic E-state index is 8.67. The minimum absolute atomic E-state index is 0.153. The molecule has 5 heteroatoms. The van der Waals surface area contributed by atoms with Crippen LogP contribution in [0.5, 0.6) is 0 Å². The molecule has 0 unspecified atom stereocenters. The summed E-state index contributed by atoms with van der Waals surface area (Å²) in [5.74, 6) is 0. The number of nitrogens with one attached hydrogen (secondary N) is 1. The molecular formula is C9H14N2O2S. The van der Waals surface area contributed by atoms with Crippen molar-refractivity contribution < 1.29 is 8.42 Å². The molecule has 0 aromatic heterocycles. The highest BCUT2D eigenvalue weighted by Crippen LogP contribution is 2.10. The molecule has 0 fully saturated rings. The van der Waals surface area contributed by atoms with Crippen molar-refractivity contribution in [3.8, 4) is 0 Å². The highest BCUT2D eigenvalue weighted by Gasteiger charge is 1.96. The lowest BCUT2D eigenvalue weighted by atomic mass is 10.1. The van der Waals surface area contributed by atoms with Crippen LogP contribution in [0.4, 0.5) is 0 Å². The molecule has 14 heavy (non-hydrogen) atoms. The molecule has 0 aliphatic heterocycles. The molecule has 0 amide bonds. The standard InChI is InChI=1S/C9H13N.HNO2S/c1-7-4-3-5-9(6-7)8(2)10;1-4(2)3/h3-6,8H,10H2,1-2H3;1H/t8-;/m1./s1. The Kier molecular flexibility index (Phi) is 5.74. The molecule has 0 spiro atoms. The molecule has 1 aromatic carbocycles. The summed E-state index contributed by atoms with van der Waals surface area (Å²) in [6.07, 6.45) is 0. The van der Waals surface area contributed by atoms with Crippen LogP contribution in [0.3, 0.4) is 0 Å². The zero-order chi connectivity index (χ0) is 11.1. The first-order chi connectivity index (χ1) is 6.43. The van der Waals surface area contributed by atoms with E-state index in [1.165, 1.54) is 11.1 Å². The van der Waals surface area contributed by atoms with Crippen molar-refractivity contribution in [2.45, 2.75) is 19.9 Å². The van der Waals surface area contributed by atoms with E-state index in [0.29, 0.717) is 0 Å². The third-order valence-electron chi connectivity index (χ3n) is 1.57. The molecule has 4 nitrogen and oxygen atoms in total. The van der Waals surface area contributed by atoms with Gasteiger partial charge in [0.15, 0.2) is 0 Å². The third-order valence-corrected chi connectivity index (χ3v) is 1.57. The van der Waals surface area contributed by atoms with Gasteiger partial charge in [-0.1, -0.05) is 29.8 Å². The molecule has 0 aliphatic rings. The minimum Gasteiger partial charge on any atom is -0.324 e. The lowest BCUT2D eigenvalue weighted by Crippen LogP contribution is -2.04. The van der Waals surface area contributed by atoms with E-state index in [2.05, 4.69) is 25.1 Å². The SMILES string of the molecule is Cc1cccc([C@@H](C)N)c1.N=S(=O)=O. The zero-order valence-electron chi connectivity index (χ0n) is 8.19. The average molecular weight is 214 g/mol. The Balaban J connectivity index is 0.000000364. The van der Waals surface area contributed by atoms with Gasteiger partial charge < -0.3 is 5.73 Å². The molecule has 78 valence electrons. The molecule has 0 bridgehead atoms. The second kappa shape index (κ2) is 6.28. The average Bonchev–Trinajstić information content (AvgIpc) is 2.03. The predicted octanol–water partition coefficient (Wildman–Crippen LogP) is 1.64. The topological polar surface area (TPSA) is 84.0 Å². The van der Waals surface area contributed by atoms with Gasteiger partial charge in [0.2, 0.25) is 0 Å². The maximum absolute atomic E-state index is 8.67. The van der Waals surface area contributed by atoms with Gasteiger partial charge in [0.25, 0.3) is 0 Å². The van der Waals surface area contributed by atoms with Gasteiger partial charge >= 0.3 is 10.5 Å². The van der Waals surface area contributed by atoms with Crippen molar-refractivity contribution in [3.63, 3.8) is 0 Å². The van der Waals surface area contributed by atoms with E-state index in [1.54, 1.807) is 0 Å². The molecule has 1 atom stereocenters. The first-order valence-corrected chi connectivity index (χ1v) is 5.13. The van der Waals surface area contributed by atoms with Crippen molar-refractivity contribution in [3.05, 3.63) is 35.4 Å². The van der Waals surface area contributed by atoms with Gasteiger partial charge in [0.05, 0.1) is 0 Å². The summed E-state index contributed by atoms with van der Waals surface area (Å²) in [6, 6.07) is 8.43. The van der Waals surface area contributed by atoms with Crippen LogP contribution in [0.1, 0.15) is 24.1 Å². The van der Waals surface area contributed by atoms with Gasteiger partial charge in [0, 0.05) is 6.04 Å². The zero-order valence-corrected chi connectivity index (χ0v) is 9.01. The predicted molar refractivity (Wildman–Crippen MR) is 55.4 cm³/mol. The highest BCUT2D eigenvalue weighted by molar-refractivity contribution is 7.60. The van der Waals surface area contributed by atoms with E-state index < -0.39 is 10.5 Å². The van der Waals surface area contributed by atoms with Crippen LogP contribution >= 0.6 is 0 Å². The summed E-state index contributed by atoms with van der Waals surface area (Å²) in [5.41, 5.74) is 8.16. The molecule has 1 aromatic rings. The number of rotatable bonds is 1. The van der Waals surface area contributed by atoms with Crippen molar-refractivity contribution in [1.82, 2.24) is 0 Å². The van der Waals surface area contributed by atoms with Crippen molar-refractivity contribution >= 4 is 10.5 Å². The van der Waals surface area contributed by atoms with Gasteiger partial charge in [-0.3, -0.25) is 0 Å². The van der Waals surface area contributed by atoms with Gasteiger partial charge in [-0.15, -0.1) is 0 Å². The molecule has 0 aliphatic carbocycles. The number of hydrogen-bond donors (Lipinski definition) is 2. The van der Waals surface area contributed by atoms with Crippen LogP contribution in [-0.2, 0) is 10.5 Å². The molecule has 0 radical (unpaired) electrons. The fourth-order valence-electron chi connectivity index (χ4n) is 0.953. The molecular weight excluding hydrogens is 200 g/mol. The second-order valence-corrected chi connectivity index (χ2v) is 3.41. The van der Waals surface area contributed by atoms with E-state index in [9.17, 15) is 0 Å². The quantitative estimate of drug-likeness (QED) is 0.745. The normalized spacial score (nSPS) is 11.1. The summed E-state index contributed by atoms with van der Waals surface area (Å²) in [5, 5.41) is 0. The monoisotopic (exact) mass is 214 g/mol. The summed E-state index contributed by atoms with van der Waals surface area (Å²) in [6.45, 7) is 4.07. The van der Waals surface area contributed by atoms with Crippen molar-refractivity contribution in [1.29, 1.82) is 4.78 Å². The minimum atomic E-state index is -2.61. The van der Waals surface area contributed by atoms with Gasteiger partial charge in [-0.05, 0) is 19.4 Å². The lowest BCUT2D eigenvalue weighted by Gasteiger charge is -2.04. The van der Waals surface area contributed by atoms with E-state index >= 15 is 0 Å². The molecule has 0 saturated carbocycles. The Bertz CT molecular complexity index is 377. The number of aryl methyl sites for hydroxylation is 1. The van der Waals surface area contributed by atoms with Crippen LogP contribution < -0.4 is 5.73 Å². The van der Waals surface area contributed by atoms with E-state index in [1.807, 2.05) is 13.0 Å². The Hall–Kier alpha value is -1.20. The van der Waals surface area contributed by atoms with Gasteiger partial charge in [-0.25, -0.2) is 0 Å². The van der Waals surface area contributed by atoms with Crippen LogP contribution in [0.25, 0.3) is 0 Å². The first-order valence-electron chi connectivity index (χ1n) is 4.06. The van der Waals surface area contributed by atoms with Crippen molar-refractivity contribution in [2.24, 2.45) is 5.73 Å². The fourth-order valence-corrected chi connectivity index (χ4v) is 0.953. The molecule has 0 saturated heterocycles. The summed E-state index contributed by atoms with van der Waals surface area (Å²) in [7, 11) is -2.61. The first kappa shape index (κ1) is 12.8. The van der Waals surface area contributed by atoms with Crippen LogP contribution in [0.2, 0.25) is 0 Å². The smallest absolute Gasteiger partial charge is 0.308 e. The van der Waals surface area contributed by atoms with Gasteiger partial charge in [0.1, 0.15) is 0 Å². The maximum Gasteiger partial charge on any atom is 0.308 e. The Morgan fingerprint density at radius 2 is 1.93 bits per heavy atom.